The summed E-state index contributed by atoms with van der Waals surface area (Å²) < 4.78 is 0. The molecule has 0 amide bonds. The molecule has 2 saturated carbocycles. The summed E-state index contributed by atoms with van der Waals surface area (Å²) >= 11 is 0. The van der Waals surface area contributed by atoms with Crippen LogP contribution in [-0.2, 0) is 0 Å². The van der Waals surface area contributed by atoms with Gasteiger partial charge in [-0.05, 0) is 43.9 Å². The first-order chi connectivity index (χ1) is 8.29. The summed E-state index contributed by atoms with van der Waals surface area (Å²) in [5, 5.41) is 9.42. The first-order valence-electron chi connectivity index (χ1n) is 7.71. The van der Waals surface area contributed by atoms with Gasteiger partial charge in [-0.25, -0.2) is 0 Å². The van der Waals surface area contributed by atoms with Gasteiger partial charge in [0.05, 0.1) is 11.5 Å². The highest BCUT2D eigenvalue weighted by atomic mass is 14.4. The number of nitriles is 1. The first kappa shape index (κ1) is 12.9. The van der Waals surface area contributed by atoms with Crippen molar-refractivity contribution in [1.29, 1.82) is 5.26 Å². The number of hydrogen-bond acceptors (Lipinski definition) is 1. The maximum Gasteiger partial charge on any atom is 0.0689 e. The normalized spacial score (nSPS) is 35.4. The largest absolute Gasteiger partial charge is 0.198 e. The SMILES string of the molecule is CCC[C@]1(C#N)CC[C@@H](C2CCCCC2)CC1. The van der Waals surface area contributed by atoms with Crippen molar-refractivity contribution in [1.82, 2.24) is 0 Å². The van der Waals surface area contributed by atoms with E-state index in [4.69, 9.17) is 0 Å². The molecule has 0 N–H and O–H groups in total. The molecule has 96 valence electrons. The minimum atomic E-state index is 0.0555. The van der Waals surface area contributed by atoms with Crippen LogP contribution < -0.4 is 0 Å². The molecule has 2 fully saturated rings. The van der Waals surface area contributed by atoms with Crippen LogP contribution in [0, 0.1) is 28.6 Å². The van der Waals surface area contributed by atoms with Crippen molar-refractivity contribution in [2.45, 2.75) is 77.6 Å². The third kappa shape index (κ3) is 3.03. The minimum absolute atomic E-state index is 0.0555. The van der Waals surface area contributed by atoms with Gasteiger partial charge in [-0.3, -0.25) is 0 Å². The number of rotatable bonds is 3. The summed E-state index contributed by atoms with van der Waals surface area (Å²) in [7, 11) is 0. The average molecular weight is 233 g/mol. The standard InChI is InChI=1S/C16H27N/c1-2-10-16(13-17)11-8-15(9-12-16)14-6-4-3-5-7-14/h14-15H,2-12H2,1H3/t15-,16+. The van der Waals surface area contributed by atoms with Crippen LogP contribution in [0.4, 0.5) is 0 Å². The second-order valence-electron chi connectivity index (χ2n) is 6.38. The molecule has 1 nitrogen and oxygen atoms in total. The number of hydrogen-bond donors (Lipinski definition) is 0. The summed E-state index contributed by atoms with van der Waals surface area (Å²) in [6, 6.07) is 2.64. The Morgan fingerprint density at radius 1 is 1.00 bits per heavy atom. The smallest absolute Gasteiger partial charge is 0.0689 e. The topological polar surface area (TPSA) is 23.8 Å². The van der Waals surface area contributed by atoms with Crippen LogP contribution in [-0.4, -0.2) is 0 Å². The fraction of sp³-hybridized carbons (Fsp3) is 0.938. The molecule has 0 atom stereocenters. The molecule has 0 aromatic heterocycles. The van der Waals surface area contributed by atoms with E-state index in [2.05, 4.69) is 13.0 Å². The molecule has 2 rings (SSSR count). The Morgan fingerprint density at radius 3 is 2.12 bits per heavy atom. The highest BCUT2D eigenvalue weighted by molar-refractivity contribution is 5.01. The number of nitrogens with zero attached hydrogens (tertiary/aromatic N) is 1. The van der Waals surface area contributed by atoms with E-state index in [1.54, 1.807) is 0 Å². The highest BCUT2D eigenvalue weighted by Gasteiger charge is 2.37. The van der Waals surface area contributed by atoms with Crippen LogP contribution in [0.5, 0.6) is 0 Å². The molecule has 2 aliphatic rings. The fourth-order valence-electron chi connectivity index (χ4n) is 4.17. The van der Waals surface area contributed by atoms with Gasteiger partial charge < -0.3 is 0 Å². The zero-order valence-corrected chi connectivity index (χ0v) is 11.4. The zero-order valence-electron chi connectivity index (χ0n) is 11.4. The van der Waals surface area contributed by atoms with Crippen molar-refractivity contribution in [2.24, 2.45) is 17.3 Å². The van der Waals surface area contributed by atoms with E-state index < -0.39 is 0 Å². The molecule has 2 aliphatic carbocycles. The van der Waals surface area contributed by atoms with Crippen LogP contribution >= 0.6 is 0 Å². The third-order valence-electron chi connectivity index (χ3n) is 5.27. The second-order valence-corrected chi connectivity index (χ2v) is 6.38. The third-order valence-corrected chi connectivity index (χ3v) is 5.27. The lowest BCUT2D eigenvalue weighted by Gasteiger charge is -2.39. The van der Waals surface area contributed by atoms with Crippen molar-refractivity contribution in [2.75, 3.05) is 0 Å². The van der Waals surface area contributed by atoms with Crippen LogP contribution in [0.3, 0.4) is 0 Å². The lowest BCUT2D eigenvalue weighted by molar-refractivity contribution is 0.130. The van der Waals surface area contributed by atoms with E-state index in [-0.39, 0.29) is 5.41 Å². The minimum Gasteiger partial charge on any atom is -0.198 e. The maximum absolute atomic E-state index is 9.42. The Balaban J connectivity index is 1.86. The monoisotopic (exact) mass is 233 g/mol. The first-order valence-corrected chi connectivity index (χ1v) is 7.71. The summed E-state index contributed by atoms with van der Waals surface area (Å²) in [4.78, 5) is 0. The van der Waals surface area contributed by atoms with Crippen LogP contribution in [0.2, 0.25) is 0 Å². The van der Waals surface area contributed by atoms with E-state index in [1.807, 2.05) is 0 Å². The molecule has 0 aromatic rings. The lowest BCUT2D eigenvalue weighted by atomic mass is 9.64. The van der Waals surface area contributed by atoms with Gasteiger partial charge in [-0.15, -0.1) is 0 Å². The predicted molar refractivity (Wildman–Crippen MR) is 71.5 cm³/mol. The van der Waals surface area contributed by atoms with Crippen LogP contribution in [0.1, 0.15) is 77.6 Å². The summed E-state index contributed by atoms with van der Waals surface area (Å²) in [5.41, 5.74) is 0.0555. The molecule has 0 bridgehead atoms. The van der Waals surface area contributed by atoms with Gasteiger partial charge in [0.25, 0.3) is 0 Å². The Labute approximate surface area is 107 Å². The predicted octanol–water partition coefficient (Wildman–Crippen LogP) is 5.07. The van der Waals surface area contributed by atoms with E-state index in [0.29, 0.717) is 0 Å². The molecule has 0 spiro atoms. The van der Waals surface area contributed by atoms with Gasteiger partial charge >= 0.3 is 0 Å². The quantitative estimate of drug-likeness (QED) is 0.668. The van der Waals surface area contributed by atoms with E-state index in [0.717, 1.165) is 18.3 Å². The highest BCUT2D eigenvalue weighted by Crippen LogP contribution is 2.46. The summed E-state index contributed by atoms with van der Waals surface area (Å²) in [6.07, 6.45) is 14.6. The molecule has 0 radical (unpaired) electrons. The Hall–Kier alpha value is -0.510. The summed E-state index contributed by atoms with van der Waals surface area (Å²) in [6.45, 7) is 2.21. The maximum atomic E-state index is 9.42. The average Bonchev–Trinajstić information content (AvgIpc) is 2.41. The Morgan fingerprint density at radius 2 is 1.59 bits per heavy atom. The van der Waals surface area contributed by atoms with Crippen molar-refractivity contribution >= 4 is 0 Å². The molecule has 0 unspecified atom stereocenters. The summed E-state index contributed by atoms with van der Waals surface area (Å²) in [5.74, 6) is 1.95. The van der Waals surface area contributed by atoms with E-state index in [1.165, 1.54) is 64.2 Å². The molecule has 0 saturated heterocycles. The molecule has 0 aliphatic heterocycles. The molecule has 17 heavy (non-hydrogen) atoms. The molecule has 0 heterocycles. The second kappa shape index (κ2) is 5.89. The Kier molecular flexibility index (Phi) is 4.48. The lowest BCUT2D eigenvalue weighted by Crippen LogP contribution is -2.30. The van der Waals surface area contributed by atoms with Gasteiger partial charge in [-0.2, -0.15) is 5.26 Å². The van der Waals surface area contributed by atoms with Gasteiger partial charge in [0.1, 0.15) is 0 Å². The molecule has 0 aromatic carbocycles. The van der Waals surface area contributed by atoms with E-state index >= 15 is 0 Å². The molecular formula is C16H27N. The molecular weight excluding hydrogens is 206 g/mol. The Bertz CT molecular complexity index is 262. The van der Waals surface area contributed by atoms with Gasteiger partial charge in [0.15, 0.2) is 0 Å². The fourth-order valence-corrected chi connectivity index (χ4v) is 4.17. The van der Waals surface area contributed by atoms with Crippen molar-refractivity contribution in [3.8, 4) is 6.07 Å². The zero-order chi connectivity index (χ0) is 12.1. The van der Waals surface area contributed by atoms with Crippen molar-refractivity contribution < 1.29 is 0 Å². The van der Waals surface area contributed by atoms with Gasteiger partial charge in [0.2, 0.25) is 0 Å². The van der Waals surface area contributed by atoms with Crippen molar-refractivity contribution in [3.63, 3.8) is 0 Å². The van der Waals surface area contributed by atoms with E-state index in [9.17, 15) is 5.26 Å². The van der Waals surface area contributed by atoms with Crippen LogP contribution in [0.15, 0.2) is 0 Å². The van der Waals surface area contributed by atoms with Crippen molar-refractivity contribution in [3.05, 3.63) is 0 Å². The van der Waals surface area contributed by atoms with Gasteiger partial charge in [-0.1, -0.05) is 45.4 Å². The van der Waals surface area contributed by atoms with Crippen LogP contribution in [0.25, 0.3) is 0 Å². The molecule has 1 heteroatoms. The van der Waals surface area contributed by atoms with Gasteiger partial charge in [0, 0.05) is 0 Å².